The van der Waals surface area contributed by atoms with Gasteiger partial charge >= 0.3 is 0 Å². The van der Waals surface area contributed by atoms with E-state index >= 15 is 0 Å². The standard InChI is InChI=1S/C11H13ClN2O2/c1-13-4-2-8-6-10(12)11(14(15)16)7-9(8)3-5-13/h6-7H,2-5H2,1H3. The van der Waals surface area contributed by atoms with Gasteiger partial charge in [0, 0.05) is 19.2 Å². The van der Waals surface area contributed by atoms with Crippen LogP contribution >= 0.6 is 11.6 Å². The van der Waals surface area contributed by atoms with Crippen molar-refractivity contribution in [3.63, 3.8) is 0 Å². The molecule has 0 atom stereocenters. The molecule has 1 aliphatic rings. The van der Waals surface area contributed by atoms with Crippen LogP contribution in [0.2, 0.25) is 5.02 Å². The number of likely N-dealkylation sites (N-methyl/N-ethyl adjacent to an activating group) is 1. The van der Waals surface area contributed by atoms with E-state index in [1.807, 2.05) is 0 Å². The molecule has 0 spiro atoms. The molecule has 1 aromatic rings. The summed E-state index contributed by atoms with van der Waals surface area (Å²) >= 11 is 5.89. The molecule has 0 radical (unpaired) electrons. The summed E-state index contributed by atoms with van der Waals surface area (Å²) in [5.74, 6) is 0. The highest BCUT2D eigenvalue weighted by Crippen LogP contribution is 2.29. The summed E-state index contributed by atoms with van der Waals surface area (Å²) in [6, 6.07) is 3.37. The minimum absolute atomic E-state index is 0.0185. The van der Waals surface area contributed by atoms with Crippen LogP contribution in [0.3, 0.4) is 0 Å². The van der Waals surface area contributed by atoms with Crippen LogP contribution in [0.5, 0.6) is 0 Å². The van der Waals surface area contributed by atoms with Gasteiger partial charge in [0.15, 0.2) is 0 Å². The van der Waals surface area contributed by atoms with Gasteiger partial charge in [-0.25, -0.2) is 0 Å². The maximum absolute atomic E-state index is 10.8. The fraction of sp³-hybridized carbons (Fsp3) is 0.455. The van der Waals surface area contributed by atoms with Crippen molar-refractivity contribution in [2.75, 3.05) is 20.1 Å². The Bertz CT molecular complexity index is 434. The van der Waals surface area contributed by atoms with Gasteiger partial charge in [-0.3, -0.25) is 10.1 Å². The second-order valence-corrected chi connectivity index (χ2v) is 4.54. The van der Waals surface area contributed by atoms with Crippen molar-refractivity contribution in [1.82, 2.24) is 4.90 Å². The second kappa shape index (κ2) is 4.39. The molecule has 0 amide bonds. The van der Waals surface area contributed by atoms with Gasteiger partial charge in [0.1, 0.15) is 5.02 Å². The van der Waals surface area contributed by atoms with Crippen LogP contribution in [0.1, 0.15) is 11.1 Å². The van der Waals surface area contributed by atoms with Gasteiger partial charge in [0.05, 0.1) is 4.92 Å². The zero-order valence-corrected chi connectivity index (χ0v) is 9.83. The summed E-state index contributed by atoms with van der Waals surface area (Å²) in [5, 5.41) is 11.0. The van der Waals surface area contributed by atoms with Crippen LogP contribution < -0.4 is 0 Å². The molecule has 0 bridgehead atoms. The van der Waals surface area contributed by atoms with E-state index in [0.29, 0.717) is 0 Å². The Morgan fingerprint density at radius 1 is 1.31 bits per heavy atom. The van der Waals surface area contributed by atoms with Crippen LogP contribution in [0.4, 0.5) is 5.69 Å². The lowest BCUT2D eigenvalue weighted by Gasteiger charge is -2.10. The third-order valence-electron chi connectivity index (χ3n) is 2.99. The summed E-state index contributed by atoms with van der Waals surface area (Å²) in [4.78, 5) is 12.6. The van der Waals surface area contributed by atoms with Gasteiger partial charge < -0.3 is 4.90 Å². The first-order valence-electron chi connectivity index (χ1n) is 5.22. The monoisotopic (exact) mass is 240 g/mol. The Balaban J connectivity index is 2.42. The number of halogens is 1. The smallest absolute Gasteiger partial charge is 0.288 e. The first kappa shape index (κ1) is 11.4. The Morgan fingerprint density at radius 3 is 2.44 bits per heavy atom. The average molecular weight is 241 g/mol. The molecule has 4 nitrogen and oxygen atoms in total. The molecule has 16 heavy (non-hydrogen) atoms. The van der Waals surface area contributed by atoms with E-state index in [2.05, 4.69) is 11.9 Å². The molecular formula is C11H13ClN2O2. The summed E-state index contributed by atoms with van der Waals surface area (Å²) in [6.45, 7) is 1.91. The number of hydrogen-bond donors (Lipinski definition) is 0. The van der Waals surface area contributed by atoms with Gasteiger partial charge in [-0.15, -0.1) is 0 Å². The topological polar surface area (TPSA) is 46.4 Å². The quantitative estimate of drug-likeness (QED) is 0.559. The van der Waals surface area contributed by atoms with Gasteiger partial charge in [0.25, 0.3) is 5.69 Å². The number of fused-ring (bicyclic) bond motifs is 1. The third kappa shape index (κ3) is 2.18. The summed E-state index contributed by atoms with van der Waals surface area (Å²) in [7, 11) is 2.06. The Kier molecular flexibility index (Phi) is 3.12. The molecule has 0 unspecified atom stereocenters. The van der Waals surface area contributed by atoms with Crippen LogP contribution in [0, 0.1) is 10.1 Å². The van der Waals surface area contributed by atoms with Crippen molar-refractivity contribution in [3.8, 4) is 0 Å². The predicted octanol–water partition coefficient (Wildman–Crippen LogP) is 2.28. The molecule has 0 fully saturated rings. The minimum Gasteiger partial charge on any atom is -0.306 e. The molecule has 1 heterocycles. The van der Waals surface area contributed by atoms with Crippen LogP contribution in [0.25, 0.3) is 0 Å². The van der Waals surface area contributed by atoms with Crippen LogP contribution in [-0.2, 0) is 12.8 Å². The molecule has 1 aliphatic heterocycles. The number of nitro groups is 1. The highest BCUT2D eigenvalue weighted by molar-refractivity contribution is 6.32. The van der Waals surface area contributed by atoms with Crippen molar-refractivity contribution >= 4 is 17.3 Å². The second-order valence-electron chi connectivity index (χ2n) is 4.13. The first-order valence-corrected chi connectivity index (χ1v) is 5.60. The molecular weight excluding hydrogens is 228 g/mol. The highest BCUT2D eigenvalue weighted by atomic mass is 35.5. The number of hydrogen-bond acceptors (Lipinski definition) is 3. The third-order valence-corrected chi connectivity index (χ3v) is 3.29. The normalized spacial score (nSPS) is 16.6. The molecule has 5 heteroatoms. The van der Waals surface area contributed by atoms with E-state index < -0.39 is 4.92 Å². The highest BCUT2D eigenvalue weighted by Gasteiger charge is 2.18. The Morgan fingerprint density at radius 2 is 1.88 bits per heavy atom. The molecule has 0 aromatic heterocycles. The molecule has 0 N–H and O–H groups in total. The maximum atomic E-state index is 10.8. The fourth-order valence-electron chi connectivity index (χ4n) is 1.99. The molecule has 1 aromatic carbocycles. The van der Waals surface area contributed by atoms with Crippen molar-refractivity contribution < 1.29 is 4.92 Å². The number of nitrogens with zero attached hydrogens (tertiary/aromatic N) is 2. The largest absolute Gasteiger partial charge is 0.306 e. The van der Waals surface area contributed by atoms with Crippen molar-refractivity contribution in [2.45, 2.75) is 12.8 Å². The Hall–Kier alpha value is -1.13. The van der Waals surface area contributed by atoms with Crippen LogP contribution in [-0.4, -0.2) is 30.0 Å². The maximum Gasteiger partial charge on any atom is 0.288 e. The number of benzene rings is 1. The summed E-state index contributed by atoms with van der Waals surface area (Å²) in [5.41, 5.74) is 2.21. The van der Waals surface area contributed by atoms with E-state index in [1.165, 1.54) is 0 Å². The van der Waals surface area contributed by atoms with Crippen LogP contribution in [0.15, 0.2) is 12.1 Å². The van der Waals surface area contributed by atoms with E-state index in [0.717, 1.165) is 37.1 Å². The first-order chi connectivity index (χ1) is 7.58. The molecule has 86 valence electrons. The molecule has 0 saturated heterocycles. The lowest BCUT2D eigenvalue weighted by atomic mass is 10.0. The van der Waals surface area contributed by atoms with E-state index in [4.69, 9.17) is 11.6 Å². The molecule has 0 aliphatic carbocycles. The number of rotatable bonds is 1. The summed E-state index contributed by atoms with van der Waals surface area (Å²) < 4.78 is 0. The van der Waals surface area contributed by atoms with Crippen molar-refractivity contribution in [2.24, 2.45) is 0 Å². The zero-order chi connectivity index (χ0) is 11.7. The molecule has 0 saturated carbocycles. The average Bonchev–Trinajstić information content (AvgIpc) is 2.40. The Labute approximate surface area is 99.0 Å². The number of nitro benzene ring substituents is 1. The van der Waals surface area contributed by atoms with E-state index in [-0.39, 0.29) is 10.7 Å². The van der Waals surface area contributed by atoms with E-state index in [1.54, 1.807) is 12.1 Å². The van der Waals surface area contributed by atoms with Gasteiger partial charge in [0.2, 0.25) is 0 Å². The van der Waals surface area contributed by atoms with Gasteiger partial charge in [-0.2, -0.15) is 0 Å². The summed E-state index contributed by atoms with van der Waals surface area (Å²) in [6.07, 6.45) is 1.76. The van der Waals surface area contributed by atoms with Crippen molar-refractivity contribution in [3.05, 3.63) is 38.4 Å². The predicted molar refractivity (Wildman–Crippen MR) is 63.0 cm³/mol. The van der Waals surface area contributed by atoms with Gasteiger partial charge in [-0.05, 0) is 37.1 Å². The van der Waals surface area contributed by atoms with Gasteiger partial charge in [-0.1, -0.05) is 11.6 Å². The fourth-order valence-corrected chi connectivity index (χ4v) is 2.24. The zero-order valence-electron chi connectivity index (χ0n) is 9.07. The lowest BCUT2D eigenvalue weighted by Crippen LogP contribution is -2.20. The lowest BCUT2D eigenvalue weighted by molar-refractivity contribution is -0.384. The SMILES string of the molecule is CN1CCc2cc(Cl)c([N+](=O)[O-])cc2CC1. The van der Waals surface area contributed by atoms with Crippen molar-refractivity contribution in [1.29, 1.82) is 0 Å². The minimum atomic E-state index is -0.419. The van der Waals surface area contributed by atoms with E-state index in [9.17, 15) is 10.1 Å². The molecule has 2 rings (SSSR count).